The number of anilines is 1. The summed E-state index contributed by atoms with van der Waals surface area (Å²) in [6.07, 6.45) is -0.568. The molecule has 0 bridgehead atoms. The van der Waals surface area contributed by atoms with Gasteiger partial charge in [-0.05, 0) is 66.5 Å². The summed E-state index contributed by atoms with van der Waals surface area (Å²) in [5, 5.41) is 10.3. The predicted octanol–water partition coefficient (Wildman–Crippen LogP) is 4.38. The molecule has 29 heavy (non-hydrogen) atoms. The Morgan fingerprint density at radius 2 is 1.97 bits per heavy atom. The van der Waals surface area contributed by atoms with E-state index in [1.807, 2.05) is 26.0 Å². The summed E-state index contributed by atoms with van der Waals surface area (Å²) < 4.78 is 29.7. The summed E-state index contributed by atoms with van der Waals surface area (Å²) in [7, 11) is 0. The molecular weight excluding hydrogens is 377 g/mol. The summed E-state index contributed by atoms with van der Waals surface area (Å²) >= 11 is 0. The Balaban J connectivity index is 1.77. The molecule has 2 aromatic carbocycles. The number of carbonyl (C=O) groups excluding carboxylic acids is 1. The molecule has 0 aliphatic heterocycles. The van der Waals surface area contributed by atoms with Crippen LogP contribution in [-0.4, -0.2) is 28.9 Å². The Morgan fingerprint density at radius 3 is 2.66 bits per heavy atom. The van der Waals surface area contributed by atoms with E-state index >= 15 is 0 Å². The van der Waals surface area contributed by atoms with Crippen molar-refractivity contribution in [2.45, 2.75) is 33.3 Å². The van der Waals surface area contributed by atoms with E-state index in [0.717, 1.165) is 11.3 Å². The molecule has 0 fully saturated rings. The highest BCUT2D eigenvalue weighted by Gasteiger charge is 2.23. The standard InChI is InChI=1S/C21H22FN3O4/c1-4-16(28-18-9-7-6-8-15(18)22)21(26)23-20-19(24-29-25-20)14-10-11-17(27-5-2)13(3)12-14/h6-12,16H,4-5H2,1-3H3,(H,23,25,26)/t16-/m0/s1. The third-order valence-corrected chi connectivity index (χ3v) is 4.25. The van der Waals surface area contributed by atoms with Crippen LogP contribution in [0.3, 0.4) is 0 Å². The fourth-order valence-electron chi connectivity index (χ4n) is 2.79. The highest BCUT2D eigenvalue weighted by atomic mass is 19.1. The van der Waals surface area contributed by atoms with Crippen LogP contribution in [0.2, 0.25) is 0 Å². The highest BCUT2D eigenvalue weighted by molar-refractivity contribution is 5.96. The molecule has 3 aromatic rings. The Kier molecular flexibility index (Phi) is 6.43. The van der Waals surface area contributed by atoms with Crippen LogP contribution >= 0.6 is 0 Å². The largest absolute Gasteiger partial charge is 0.494 e. The van der Waals surface area contributed by atoms with Crippen molar-refractivity contribution >= 4 is 11.7 Å². The zero-order chi connectivity index (χ0) is 20.8. The molecular formula is C21H22FN3O4. The maximum Gasteiger partial charge on any atom is 0.266 e. The van der Waals surface area contributed by atoms with E-state index in [1.165, 1.54) is 12.1 Å². The second-order valence-corrected chi connectivity index (χ2v) is 6.31. The van der Waals surface area contributed by atoms with Gasteiger partial charge in [0.2, 0.25) is 5.82 Å². The normalized spacial score (nSPS) is 11.7. The van der Waals surface area contributed by atoms with Gasteiger partial charge in [-0.2, -0.15) is 0 Å². The third kappa shape index (κ3) is 4.71. The van der Waals surface area contributed by atoms with E-state index in [0.29, 0.717) is 24.3 Å². The molecule has 152 valence electrons. The minimum absolute atomic E-state index is 0.00939. The molecule has 0 aliphatic rings. The third-order valence-electron chi connectivity index (χ3n) is 4.25. The maximum absolute atomic E-state index is 13.8. The summed E-state index contributed by atoms with van der Waals surface area (Å²) in [6.45, 7) is 6.15. The Labute approximate surface area is 167 Å². The molecule has 1 heterocycles. The van der Waals surface area contributed by atoms with E-state index in [-0.39, 0.29) is 11.6 Å². The van der Waals surface area contributed by atoms with Crippen molar-refractivity contribution in [1.29, 1.82) is 0 Å². The van der Waals surface area contributed by atoms with E-state index < -0.39 is 17.8 Å². The smallest absolute Gasteiger partial charge is 0.266 e. The first kappa shape index (κ1) is 20.3. The lowest BCUT2D eigenvalue weighted by molar-refractivity contribution is -0.122. The quantitative estimate of drug-likeness (QED) is 0.605. The first-order valence-corrected chi connectivity index (χ1v) is 9.31. The van der Waals surface area contributed by atoms with Crippen LogP contribution in [-0.2, 0) is 4.79 Å². The van der Waals surface area contributed by atoms with Crippen LogP contribution in [0, 0.1) is 12.7 Å². The van der Waals surface area contributed by atoms with E-state index in [9.17, 15) is 9.18 Å². The molecule has 0 aliphatic carbocycles. The number of hydrogen-bond donors (Lipinski definition) is 1. The number of amides is 1. The van der Waals surface area contributed by atoms with Crippen molar-refractivity contribution in [3.05, 3.63) is 53.8 Å². The number of aromatic nitrogens is 2. The van der Waals surface area contributed by atoms with Gasteiger partial charge in [0, 0.05) is 5.56 Å². The average molecular weight is 399 g/mol. The molecule has 0 saturated carbocycles. The van der Waals surface area contributed by atoms with Crippen LogP contribution in [0.15, 0.2) is 47.1 Å². The Bertz CT molecular complexity index is 990. The van der Waals surface area contributed by atoms with Gasteiger partial charge < -0.3 is 14.8 Å². The molecule has 1 amide bonds. The number of nitrogens with zero attached hydrogens (tertiary/aromatic N) is 2. The van der Waals surface area contributed by atoms with Gasteiger partial charge in [0.1, 0.15) is 5.75 Å². The van der Waals surface area contributed by atoms with Crippen molar-refractivity contribution in [3.63, 3.8) is 0 Å². The summed E-state index contributed by atoms with van der Waals surface area (Å²) in [4.78, 5) is 12.7. The highest BCUT2D eigenvalue weighted by Crippen LogP contribution is 2.29. The fraction of sp³-hybridized carbons (Fsp3) is 0.286. The Morgan fingerprint density at radius 1 is 1.17 bits per heavy atom. The van der Waals surface area contributed by atoms with E-state index in [1.54, 1.807) is 25.1 Å². The molecule has 0 radical (unpaired) electrons. The minimum atomic E-state index is -0.904. The molecule has 1 atom stereocenters. The number of hydrogen-bond acceptors (Lipinski definition) is 6. The second-order valence-electron chi connectivity index (χ2n) is 6.31. The van der Waals surface area contributed by atoms with E-state index in [2.05, 4.69) is 15.6 Å². The average Bonchev–Trinajstić information content (AvgIpc) is 3.17. The van der Waals surface area contributed by atoms with Crippen molar-refractivity contribution < 1.29 is 23.3 Å². The first-order valence-electron chi connectivity index (χ1n) is 9.31. The molecule has 0 spiro atoms. The number of benzene rings is 2. The van der Waals surface area contributed by atoms with Gasteiger partial charge in [-0.1, -0.05) is 19.1 Å². The number of ether oxygens (including phenoxy) is 2. The van der Waals surface area contributed by atoms with Crippen LogP contribution in [0.1, 0.15) is 25.8 Å². The van der Waals surface area contributed by atoms with Crippen LogP contribution in [0.25, 0.3) is 11.3 Å². The van der Waals surface area contributed by atoms with E-state index in [4.69, 9.17) is 14.1 Å². The zero-order valence-corrected chi connectivity index (χ0v) is 16.4. The first-order chi connectivity index (χ1) is 14.0. The monoisotopic (exact) mass is 399 g/mol. The lowest BCUT2D eigenvalue weighted by Crippen LogP contribution is -2.32. The van der Waals surface area contributed by atoms with Crippen LogP contribution in [0.4, 0.5) is 10.2 Å². The molecule has 7 nitrogen and oxygen atoms in total. The van der Waals surface area contributed by atoms with Gasteiger partial charge in [-0.25, -0.2) is 9.02 Å². The SMILES string of the molecule is CCOc1ccc(-c2nonc2NC(=O)[C@H](CC)Oc2ccccc2F)cc1C. The maximum atomic E-state index is 13.8. The summed E-state index contributed by atoms with van der Waals surface area (Å²) in [5.74, 6) is -0.0744. The number of halogens is 1. The fourth-order valence-corrected chi connectivity index (χ4v) is 2.79. The molecule has 0 unspecified atom stereocenters. The van der Waals surface area contributed by atoms with Gasteiger partial charge >= 0.3 is 0 Å². The lowest BCUT2D eigenvalue weighted by atomic mass is 10.1. The number of rotatable bonds is 8. The molecule has 1 aromatic heterocycles. The van der Waals surface area contributed by atoms with Gasteiger partial charge in [-0.15, -0.1) is 0 Å². The van der Waals surface area contributed by atoms with Crippen LogP contribution < -0.4 is 14.8 Å². The molecule has 1 N–H and O–H groups in total. The van der Waals surface area contributed by atoms with Gasteiger partial charge in [0.05, 0.1) is 6.61 Å². The topological polar surface area (TPSA) is 86.5 Å². The molecule has 3 rings (SSSR count). The summed E-state index contributed by atoms with van der Waals surface area (Å²) in [6, 6.07) is 11.4. The number of carbonyl (C=O) groups is 1. The van der Waals surface area contributed by atoms with Crippen molar-refractivity contribution in [2.75, 3.05) is 11.9 Å². The van der Waals surface area contributed by atoms with Crippen LogP contribution in [0.5, 0.6) is 11.5 Å². The van der Waals surface area contributed by atoms with Gasteiger partial charge in [0.25, 0.3) is 5.91 Å². The number of para-hydroxylation sites is 1. The summed E-state index contributed by atoms with van der Waals surface area (Å²) in [5.41, 5.74) is 2.01. The lowest BCUT2D eigenvalue weighted by Gasteiger charge is -2.17. The molecule has 8 heteroatoms. The second kappa shape index (κ2) is 9.18. The van der Waals surface area contributed by atoms with Gasteiger partial charge in [-0.3, -0.25) is 4.79 Å². The predicted molar refractivity (Wildman–Crippen MR) is 105 cm³/mol. The zero-order valence-electron chi connectivity index (χ0n) is 16.4. The number of aryl methyl sites for hydroxylation is 1. The number of nitrogens with one attached hydrogen (secondary N) is 1. The molecule has 0 saturated heterocycles. The minimum Gasteiger partial charge on any atom is -0.494 e. The van der Waals surface area contributed by atoms with Crippen molar-refractivity contribution in [1.82, 2.24) is 10.3 Å². The van der Waals surface area contributed by atoms with Crippen molar-refractivity contribution in [2.24, 2.45) is 0 Å². The Hall–Kier alpha value is -3.42. The van der Waals surface area contributed by atoms with Gasteiger partial charge in [0.15, 0.2) is 23.4 Å². The van der Waals surface area contributed by atoms with Crippen molar-refractivity contribution in [3.8, 4) is 22.8 Å².